The molecule has 1 aromatic carbocycles. The summed E-state index contributed by atoms with van der Waals surface area (Å²) in [4.78, 5) is 12.0. The molecular formula is C16H14FN3O2. The first kappa shape index (κ1) is 14.1. The average molecular weight is 299 g/mol. The van der Waals surface area contributed by atoms with Crippen molar-refractivity contribution in [3.8, 4) is 11.3 Å². The van der Waals surface area contributed by atoms with E-state index in [0.717, 1.165) is 11.1 Å². The van der Waals surface area contributed by atoms with Crippen molar-refractivity contribution >= 4 is 5.91 Å². The van der Waals surface area contributed by atoms with Crippen LogP contribution in [0.25, 0.3) is 11.3 Å². The zero-order chi connectivity index (χ0) is 15.5. The second kappa shape index (κ2) is 5.85. The lowest BCUT2D eigenvalue weighted by atomic mass is 10.1. The molecular weight excluding hydrogens is 285 g/mol. The molecule has 0 bridgehead atoms. The highest BCUT2D eigenvalue weighted by Gasteiger charge is 2.12. The SMILES string of the molecule is Cc1cc(F)ccc1-c1cc(C(=O)NCc2ccco2)[nH]n1. The van der Waals surface area contributed by atoms with E-state index in [1.54, 1.807) is 37.5 Å². The molecule has 0 radical (unpaired) electrons. The van der Waals surface area contributed by atoms with Crippen LogP contribution in [-0.2, 0) is 6.54 Å². The van der Waals surface area contributed by atoms with Crippen LogP contribution in [0.3, 0.4) is 0 Å². The maximum absolute atomic E-state index is 13.1. The van der Waals surface area contributed by atoms with Crippen LogP contribution >= 0.6 is 0 Å². The minimum atomic E-state index is -0.298. The molecule has 112 valence electrons. The van der Waals surface area contributed by atoms with Gasteiger partial charge in [-0.25, -0.2) is 4.39 Å². The van der Waals surface area contributed by atoms with Crippen LogP contribution in [-0.4, -0.2) is 16.1 Å². The molecule has 3 rings (SSSR count). The summed E-state index contributed by atoms with van der Waals surface area (Å²) in [6.07, 6.45) is 1.55. The topological polar surface area (TPSA) is 70.9 Å². The maximum atomic E-state index is 13.1. The molecule has 0 spiro atoms. The Labute approximate surface area is 126 Å². The minimum absolute atomic E-state index is 0.282. The van der Waals surface area contributed by atoms with Crippen LogP contribution in [0.5, 0.6) is 0 Å². The fourth-order valence-electron chi connectivity index (χ4n) is 2.17. The molecule has 6 heteroatoms. The number of hydrogen-bond acceptors (Lipinski definition) is 3. The van der Waals surface area contributed by atoms with Gasteiger partial charge in [-0.1, -0.05) is 0 Å². The van der Waals surface area contributed by atoms with Gasteiger partial charge in [0.2, 0.25) is 0 Å². The Hall–Kier alpha value is -2.89. The molecule has 0 atom stereocenters. The Morgan fingerprint density at radius 2 is 2.23 bits per heavy atom. The number of nitrogens with one attached hydrogen (secondary N) is 2. The van der Waals surface area contributed by atoms with E-state index in [1.807, 2.05) is 0 Å². The number of carbonyl (C=O) groups excluding carboxylic acids is 1. The third kappa shape index (κ3) is 2.90. The normalized spacial score (nSPS) is 10.6. The van der Waals surface area contributed by atoms with Gasteiger partial charge in [0.25, 0.3) is 5.91 Å². The van der Waals surface area contributed by atoms with Gasteiger partial charge in [0, 0.05) is 5.56 Å². The molecule has 0 aliphatic carbocycles. The molecule has 2 N–H and O–H groups in total. The van der Waals surface area contributed by atoms with E-state index in [4.69, 9.17) is 4.42 Å². The van der Waals surface area contributed by atoms with Gasteiger partial charge < -0.3 is 9.73 Å². The Morgan fingerprint density at radius 1 is 1.36 bits per heavy atom. The monoisotopic (exact) mass is 299 g/mol. The number of aryl methyl sites for hydroxylation is 1. The first-order valence-electron chi connectivity index (χ1n) is 6.76. The third-order valence-electron chi connectivity index (χ3n) is 3.29. The molecule has 3 aromatic rings. The van der Waals surface area contributed by atoms with Crippen LogP contribution in [0.15, 0.2) is 47.1 Å². The van der Waals surface area contributed by atoms with Crippen LogP contribution < -0.4 is 5.32 Å². The maximum Gasteiger partial charge on any atom is 0.269 e. The van der Waals surface area contributed by atoms with Crippen molar-refractivity contribution in [3.63, 3.8) is 0 Å². The number of furan rings is 1. The van der Waals surface area contributed by atoms with E-state index >= 15 is 0 Å². The fourth-order valence-corrected chi connectivity index (χ4v) is 2.17. The summed E-state index contributed by atoms with van der Waals surface area (Å²) in [5, 5.41) is 9.53. The van der Waals surface area contributed by atoms with E-state index in [-0.39, 0.29) is 11.7 Å². The Balaban J connectivity index is 1.74. The quantitative estimate of drug-likeness (QED) is 0.778. The predicted octanol–water partition coefficient (Wildman–Crippen LogP) is 3.05. The molecule has 5 nitrogen and oxygen atoms in total. The lowest BCUT2D eigenvalue weighted by molar-refractivity contribution is 0.0943. The summed E-state index contributed by atoms with van der Waals surface area (Å²) in [5.41, 5.74) is 2.47. The predicted molar refractivity (Wildman–Crippen MR) is 78.6 cm³/mol. The molecule has 0 saturated carbocycles. The van der Waals surface area contributed by atoms with Gasteiger partial charge in [-0.2, -0.15) is 5.10 Å². The van der Waals surface area contributed by atoms with E-state index in [9.17, 15) is 9.18 Å². The van der Waals surface area contributed by atoms with Crippen molar-refractivity contribution in [2.45, 2.75) is 13.5 Å². The number of carbonyl (C=O) groups is 1. The summed E-state index contributed by atoms with van der Waals surface area (Å²) < 4.78 is 18.3. The van der Waals surface area contributed by atoms with E-state index in [2.05, 4.69) is 15.5 Å². The zero-order valence-electron chi connectivity index (χ0n) is 11.9. The largest absolute Gasteiger partial charge is 0.467 e. The van der Waals surface area contributed by atoms with Crippen LogP contribution in [0.1, 0.15) is 21.8 Å². The fraction of sp³-hybridized carbons (Fsp3) is 0.125. The molecule has 0 saturated heterocycles. The summed E-state index contributed by atoms with van der Waals surface area (Å²) in [7, 11) is 0. The summed E-state index contributed by atoms with van der Waals surface area (Å²) in [6, 6.07) is 9.62. The molecule has 0 unspecified atom stereocenters. The van der Waals surface area contributed by atoms with Gasteiger partial charge in [0.05, 0.1) is 18.5 Å². The van der Waals surface area contributed by atoms with Gasteiger partial charge in [0.1, 0.15) is 17.3 Å². The average Bonchev–Trinajstić information content (AvgIpc) is 3.16. The van der Waals surface area contributed by atoms with Crippen LogP contribution in [0.4, 0.5) is 4.39 Å². The number of benzene rings is 1. The van der Waals surface area contributed by atoms with Gasteiger partial charge in [-0.3, -0.25) is 9.89 Å². The summed E-state index contributed by atoms with van der Waals surface area (Å²) >= 11 is 0. The minimum Gasteiger partial charge on any atom is -0.467 e. The highest BCUT2D eigenvalue weighted by atomic mass is 19.1. The number of nitrogens with zero attached hydrogens (tertiary/aromatic N) is 1. The van der Waals surface area contributed by atoms with Crippen molar-refractivity contribution in [1.82, 2.24) is 15.5 Å². The van der Waals surface area contributed by atoms with Crippen LogP contribution in [0.2, 0.25) is 0 Å². The van der Waals surface area contributed by atoms with Gasteiger partial charge >= 0.3 is 0 Å². The molecule has 2 heterocycles. The summed E-state index contributed by atoms with van der Waals surface area (Å²) in [6.45, 7) is 2.10. The van der Waals surface area contributed by atoms with Crippen molar-refractivity contribution in [1.29, 1.82) is 0 Å². The van der Waals surface area contributed by atoms with Gasteiger partial charge in [-0.15, -0.1) is 0 Å². The highest BCUT2D eigenvalue weighted by Crippen LogP contribution is 2.22. The molecule has 2 aromatic heterocycles. The number of amides is 1. The number of hydrogen-bond donors (Lipinski definition) is 2. The van der Waals surface area contributed by atoms with Crippen molar-refractivity contribution < 1.29 is 13.6 Å². The zero-order valence-corrected chi connectivity index (χ0v) is 11.9. The van der Waals surface area contributed by atoms with Crippen molar-refractivity contribution in [2.75, 3.05) is 0 Å². The van der Waals surface area contributed by atoms with Gasteiger partial charge in [-0.05, 0) is 48.9 Å². The summed E-state index contributed by atoms with van der Waals surface area (Å²) in [5.74, 6) is 0.0885. The number of aromatic nitrogens is 2. The van der Waals surface area contributed by atoms with Crippen LogP contribution in [0, 0.1) is 12.7 Å². The second-order valence-corrected chi connectivity index (χ2v) is 4.89. The lowest BCUT2D eigenvalue weighted by Gasteiger charge is -2.01. The number of H-pyrrole nitrogens is 1. The Bertz CT molecular complexity index is 794. The first-order valence-corrected chi connectivity index (χ1v) is 6.76. The smallest absolute Gasteiger partial charge is 0.269 e. The molecule has 22 heavy (non-hydrogen) atoms. The van der Waals surface area contributed by atoms with Crippen molar-refractivity contribution in [3.05, 3.63) is 65.5 Å². The Morgan fingerprint density at radius 3 is 2.95 bits per heavy atom. The van der Waals surface area contributed by atoms with E-state index < -0.39 is 0 Å². The standard InChI is InChI=1S/C16H14FN3O2/c1-10-7-11(17)4-5-13(10)14-8-15(20-19-14)16(21)18-9-12-3-2-6-22-12/h2-8H,9H2,1H3,(H,18,21)(H,19,20). The number of halogens is 1. The third-order valence-corrected chi connectivity index (χ3v) is 3.29. The number of aromatic amines is 1. The molecule has 0 aliphatic heterocycles. The van der Waals surface area contributed by atoms with E-state index in [0.29, 0.717) is 23.7 Å². The van der Waals surface area contributed by atoms with E-state index in [1.165, 1.54) is 12.1 Å². The first-order chi connectivity index (χ1) is 10.6. The van der Waals surface area contributed by atoms with Gasteiger partial charge in [0.15, 0.2) is 0 Å². The molecule has 1 amide bonds. The Kier molecular flexibility index (Phi) is 3.74. The lowest BCUT2D eigenvalue weighted by Crippen LogP contribution is -2.22. The highest BCUT2D eigenvalue weighted by molar-refractivity contribution is 5.93. The van der Waals surface area contributed by atoms with Crippen molar-refractivity contribution in [2.24, 2.45) is 0 Å². The number of rotatable bonds is 4. The molecule has 0 aliphatic rings. The molecule has 0 fully saturated rings. The second-order valence-electron chi connectivity index (χ2n) is 4.89.